The van der Waals surface area contributed by atoms with Crippen LogP contribution in [-0.2, 0) is 21.4 Å². The van der Waals surface area contributed by atoms with Crippen LogP contribution in [0.5, 0.6) is 0 Å². The lowest BCUT2D eigenvalue weighted by molar-refractivity contribution is -0.00960. The van der Waals surface area contributed by atoms with E-state index in [2.05, 4.69) is 11.3 Å². The first-order valence-corrected chi connectivity index (χ1v) is 11.2. The van der Waals surface area contributed by atoms with Crippen molar-refractivity contribution in [3.63, 3.8) is 0 Å². The number of hydrogen-bond donors (Lipinski definition) is 2. The summed E-state index contributed by atoms with van der Waals surface area (Å²) in [5, 5.41) is 10.4. The molecule has 0 heterocycles. The molecule has 0 fully saturated rings. The zero-order chi connectivity index (χ0) is 21.5. The molecule has 0 aliphatic carbocycles. The molecule has 2 aromatic carbocycles. The molecule has 29 heavy (non-hydrogen) atoms. The lowest BCUT2D eigenvalue weighted by Crippen LogP contribution is -2.48. The topological polar surface area (TPSA) is 75.6 Å². The van der Waals surface area contributed by atoms with Gasteiger partial charge >= 0.3 is 0 Å². The Bertz CT molecular complexity index is 871. The Morgan fingerprint density at radius 2 is 1.76 bits per heavy atom. The highest BCUT2D eigenvalue weighted by Gasteiger charge is 2.31. The zero-order valence-electron chi connectivity index (χ0n) is 17.3. The minimum Gasteiger partial charge on any atom is -0.390 e. The van der Waals surface area contributed by atoms with Crippen molar-refractivity contribution in [1.29, 1.82) is 0 Å². The number of aryl methyl sites for hydroxylation is 1. The number of aliphatic hydroxyl groups is 1. The minimum absolute atomic E-state index is 0.184. The van der Waals surface area contributed by atoms with Crippen molar-refractivity contribution in [2.75, 3.05) is 0 Å². The number of sulfonamides is 1. The Morgan fingerprint density at radius 1 is 1.14 bits per heavy atom. The van der Waals surface area contributed by atoms with Crippen LogP contribution >= 0.6 is 0 Å². The predicted molar refractivity (Wildman–Crippen MR) is 116 cm³/mol. The fourth-order valence-corrected chi connectivity index (χ4v) is 4.33. The van der Waals surface area contributed by atoms with Crippen molar-refractivity contribution in [3.8, 4) is 0 Å². The molecule has 0 aromatic heterocycles. The second-order valence-electron chi connectivity index (χ2n) is 7.92. The highest BCUT2D eigenvalue weighted by molar-refractivity contribution is 7.89. The number of benzene rings is 2. The summed E-state index contributed by atoms with van der Waals surface area (Å²) in [6.07, 6.45) is 1.88. The van der Waals surface area contributed by atoms with E-state index in [1.54, 1.807) is 44.2 Å². The van der Waals surface area contributed by atoms with Gasteiger partial charge in [-0.25, -0.2) is 13.1 Å². The maximum absolute atomic E-state index is 12.9. The van der Waals surface area contributed by atoms with Crippen LogP contribution in [0.4, 0.5) is 0 Å². The fraction of sp³-hybridized carbons (Fsp3) is 0.391. The molecule has 158 valence electrons. The lowest BCUT2D eigenvalue weighted by Gasteiger charge is -2.31. The van der Waals surface area contributed by atoms with Crippen molar-refractivity contribution in [2.45, 2.75) is 62.9 Å². The Labute approximate surface area is 174 Å². The molecule has 0 saturated heterocycles. The van der Waals surface area contributed by atoms with Gasteiger partial charge in [0, 0.05) is 0 Å². The van der Waals surface area contributed by atoms with Gasteiger partial charge in [-0.2, -0.15) is 0 Å². The Morgan fingerprint density at radius 3 is 2.31 bits per heavy atom. The van der Waals surface area contributed by atoms with Gasteiger partial charge in [-0.3, -0.25) is 0 Å². The van der Waals surface area contributed by atoms with Crippen LogP contribution in [0, 0.1) is 6.92 Å². The van der Waals surface area contributed by atoms with Crippen molar-refractivity contribution >= 4 is 10.0 Å². The summed E-state index contributed by atoms with van der Waals surface area (Å²) in [6, 6.07) is 15.7. The molecule has 0 amide bonds. The first-order valence-electron chi connectivity index (χ1n) is 9.68. The molecule has 0 bridgehead atoms. The minimum atomic E-state index is -3.77. The van der Waals surface area contributed by atoms with Gasteiger partial charge in [0.15, 0.2) is 0 Å². The maximum Gasteiger partial charge on any atom is 0.240 e. The molecule has 0 saturated carbocycles. The summed E-state index contributed by atoms with van der Waals surface area (Å²) in [4.78, 5) is 0.184. The van der Waals surface area contributed by atoms with Gasteiger partial charge in [-0.15, -0.1) is 6.58 Å². The Hall–Kier alpha value is -1.99. The van der Waals surface area contributed by atoms with E-state index in [0.717, 1.165) is 11.1 Å². The van der Waals surface area contributed by atoms with Gasteiger partial charge in [-0.05, 0) is 51.3 Å². The fourth-order valence-electron chi connectivity index (χ4n) is 3.06. The van der Waals surface area contributed by atoms with Crippen molar-refractivity contribution in [2.24, 2.45) is 0 Å². The van der Waals surface area contributed by atoms with E-state index in [4.69, 9.17) is 4.74 Å². The van der Waals surface area contributed by atoms with Crippen LogP contribution in [0.2, 0.25) is 0 Å². The third-order valence-electron chi connectivity index (χ3n) is 4.51. The molecule has 0 aliphatic heterocycles. The normalized spacial score (nSPS) is 14.3. The molecule has 2 rings (SSSR count). The molecule has 0 spiro atoms. The van der Waals surface area contributed by atoms with Crippen LogP contribution in [0.1, 0.15) is 37.8 Å². The third-order valence-corrected chi connectivity index (χ3v) is 6.02. The first-order chi connectivity index (χ1) is 13.6. The standard InChI is InChI=1S/C23H31NO4S/c1-5-9-22(28-17-19-10-7-6-8-11-19)21(16-23(3,4)25)24-29(26,27)20-14-12-18(2)13-15-20/h5-8,10-15,21-22,24-25H,1,9,16-17H2,2-4H3/t21-,22-/m0/s1. The molecule has 5 nitrogen and oxygen atoms in total. The number of nitrogens with one attached hydrogen (secondary N) is 1. The molecule has 0 unspecified atom stereocenters. The first kappa shape index (κ1) is 23.3. The molecular weight excluding hydrogens is 386 g/mol. The average Bonchev–Trinajstić information content (AvgIpc) is 2.64. The molecule has 2 atom stereocenters. The SMILES string of the molecule is C=CC[C@H](OCc1ccccc1)[C@H](CC(C)(C)O)NS(=O)(=O)c1ccc(C)cc1. The number of ether oxygens (including phenoxy) is 1. The highest BCUT2D eigenvalue weighted by atomic mass is 32.2. The summed E-state index contributed by atoms with van der Waals surface area (Å²) in [5.41, 5.74) is 0.897. The zero-order valence-corrected chi connectivity index (χ0v) is 18.2. The van der Waals surface area contributed by atoms with E-state index in [1.807, 2.05) is 37.3 Å². The smallest absolute Gasteiger partial charge is 0.240 e. The van der Waals surface area contributed by atoms with E-state index < -0.39 is 27.8 Å². The second kappa shape index (κ2) is 10.2. The average molecular weight is 418 g/mol. The van der Waals surface area contributed by atoms with E-state index in [-0.39, 0.29) is 11.3 Å². The van der Waals surface area contributed by atoms with Gasteiger partial charge in [-0.1, -0.05) is 54.1 Å². The van der Waals surface area contributed by atoms with Gasteiger partial charge < -0.3 is 9.84 Å². The van der Waals surface area contributed by atoms with Crippen molar-refractivity contribution < 1.29 is 18.3 Å². The van der Waals surface area contributed by atoms with E-state index in [0.29, 0.717) is 13.0 Å². The van der Waals surface area contributed by atoms with Crippen molar-refractivity contribution in [3.05, 3.63) is 78.4 Å². The lowest BCUT2D eigenvalue weighted by atomic mass is 9.94. The predicted octanol–water partition coefficient (Wildman–Crippen LogP) is 3.96. The largest absolute Gasteiger partial charge is 0.390 e. The van der Waals surface area contributed by atoms with Crippen LogP contribution in [0.25, 0.3) is 0 Å². The molecule has 2 aromatic rings. The van der Waals surface area contributed by atoms with Crippen molar-refractivity contribution in [1.82, 2.24) is 4.72 Å². The van der Waals surface area contributed by atoms with Gasteiger partial charge in [0.1, 0.15) is 0 Å². The molecule has 2 N–H and O–H groups in total. The van der Waals surface area contributed by atoms with E-state index in [9.17, 15) is 13.5 Å². The summed E-state index contributed by atoms with van der Waals surface area (Å²) >= 11 is 0. The van der Waals surface area contributed by atoms with Crippen LogP contribution in [-0.4, -0.2) is 31.3 Å². The second-order valence-corrected chi connectivity index (χ2v) is 9.63. The summed E-state index contributed by atoms with van der Waals surface area (Å²) in [5.74, 6) is 0. The quantitative estimate of drug-likeness (QED) is 0.543. The number of hydrogen-bond acceptors (Lipinski definition) is 4. The summed E-state index contributed by atoms with van der Waals surface area (Å²) in [7, 11) is -3.77. The molecule has 6 heteroatoms. The number of rotatable bonds is 11. The van der Waals surface area contributed by atoms with Crippen LogP contribution in [0.15, 0.2) is 72.1 Å². The van der Waals surface area contributed by atoms with E-state index >= 15 is 0 Å². The van der Waals surface area contributed by atoms with E-state index in [1.165, 1.54) is 0 Å². The molecular formula is C23H31NO4S. The monoisotopic (exact) mass is 417 g/mol. The molecule has 0 aliphatic rings. The third kappa shape index (κ3) is 7.74. The van der Waals surface area contributed by atoms with Crippen LogP contribution in [0.3, 0.4) is 0 Å². The Balaban J connectivity index is 2.25. The maximum atomic E-state index is 12.9. The molecule has 0 radical (unpaired) electrons. The van der Waals surface area contributed by atoms with Gasteiger partial charge in [0.2, 0.25) is 10.0 Å². The van der Waals surface area contributed by atoms with Crippen LogP contribution < -0.4 is 4.72 Å². The van der Waals surface area contributed by atoms with Gasteiger partial charge in [0.05, 0.1) is 29.2 Å². The summed E-state index contributed by atoms with van der Waals surface area (Å²) < 4.78 is 34.7. The highest BCUT2D eigenvalue weighted by Crippen LogP contribution is 2.21. The van der Waals surface area contributed by atoms with Gasteiger partial charge in [0.25, 0.3) is 0 Å². The Kier molecular flexibility index (Phi) is 8.16. The summed E-state index contributed by atoms with van der Waals surface area (Å²) in [6.45, 7) is 9.33.